The smallest absolute Gasteiger partial charge is 0.406 e. The number of aryl methyl sites for hydroxylation is 1. The fourth-order valence-corrected chi connectivity index (χ4v) is 5.38. The van der Waals surface area contributed by atoms with Gasteiger partial charge in [-0.15, -0.1) is 13.2 Å². The number of carbonyl (C=O) groups is 1. The molecule has 0 unspecified atom stereocenters. The summed E-state index contributed by atoms with van der Waals surface area (Å²) in [5.41, 5.74) is 10.7. The highest BCUT2D eigenvalue weighted by Crippen LogP contribution is 2.38. The van der Waals surface area contributed by atoms with Gasteiger partial charge < -0.3 is 25.1 Å². The number of rotatable bonds is 4. The average Bonchev–Trinajstić information content (AvgIpc) is 3.20. The predicted molar refractivity (Wildman–Crippen MR) is 124 cm³/mol. The van der Waals surface area contributed by atoms with Crippen LogP contribution in [0.15, 0.2) is 30.5 Å². The minimum absolute atomic E-state index is 0.0389. The van der Waals surface area contributed by atoms with E-state index in [9.17, 15) is 18.0 Å². The first-order valence-corrected chi connectivity index (χ1v) is 11.7. The number of alkyl halides is 3. The standard InChI is InChI=1S/C25H27F3N4O3/c1-34-15-2-5-19-21(13-15)31-23-22(19)17(6-9-30-23)14-7-10-32(11-8-14)24(33)18-4-3-16(12-20(18)29)35-25(26,27)28/h3-4,6,9,12,14-15H,2,5,7-8,10-11,13,29H2,1H3,(H,30,31)/t15-/m0/s1. The lowest BCUT2D eigenvalue weighted by Crippen LogP contribution is -2.38. The minimum Gasteiger partial charge on any atom is -0.406 e. The molecule has 0 saturated carbocycles. The van der Waals surface area contributed by atoms with Crippen LogP contribution in [0.3, 0.4) is 0 Å². The van der Waals surface area contributed by atoms with Gasteiger partial charge in [0.2, 0.25) is 0 Å². The van der Waals surface area contributed by atoms with Gasteiger partial charge in [-0.05, 0) is 60.9 Å². The largest absolute Gasteiger partial charge is 0.573 e. The number of ether oxygens (including phenoxy) is 2. The van der Waals surface area contributed by atoms with Crippen molar-refractivity contribution in [1.82, 2.24) is 14.9 Å². The summed E-state index contributed by atoms with van der Waals surface area (Å²) in [6.07, 6.45) is 1.56. The number of aromatic nitrogens is 2. The Morgan fingerprint density at radius 3 is 2.66 bits per heavy atom. The van der Waals surface area contributed by atoms with Gasteiger partial charge in [0.05, 0.1) is 11.7 Å². The Kier molecular flexibility index (Phi) is 6.08. The second-order valence-corrected chi connectivity index (χ2v) is 9.17. The zero-order chi connectivity index (χ0) is 24.7. The molecule has 1 fully saturated rings. The molecule has 186 valence electrons. The highest BCUT2D eigenvalue weighted by atomic mass is 19.4. The second-order valence-electron chi connectivity index (χ2n) is 9.17. The van der Waals surface area contributed by atoms with Crippen LogP contribution in [-0.2, 0) is 17.6 Å². The molecule has 1 amide bonds. The van der Waals surface area contributed by atoms with E-state index in [-0.39, 0.29) is 29.2 Å². The Balaban J connectivity index is 1.31. The topological polar surface area (TPSA) is 93.5 Å². The zero-order valence-electron chi connectivity index (χ0n) is 19.3. The molecule has 2 aliphatic rings. The molecule has 3 aromatic rings. The second kappa shape index (κ2) is 9.07. The van der Waals surface area contributed by atoms with Gasteiger partial charge in [0.15, 0.2) is 0 Å². The van der Waals surface area contributed by atoms with Crippen LogP contribution in [0.4, 0.5) is 18.9 Å². The van der Waals surface area contributed by atoms with Crippen molar-refractivity contribution in [2.75, 3.05) is 25.9 Å². The molecule has 1 aliphatic heterocycles. The van der Waals surface area contributed by atoms with Crippen LogP contribution in [0.5, 0.6) is 5.75 Å². The van der Waals surface area contributed by atoms with Crippen molar-refractivity contribution in [2.24, 2.45) is 0 Å². The molecule has 3 heterocycles. The Hall–Kier alpha value is -3.27. The summed E-state index contributed by atoms with van der Waals surface area (Å²) in [6.45, 7) is 1.07. The van der Waals surface area contributed by atoms with Crippen LogP contribution in [-0.4, -0.2) is 53.4 Å². The molecule has 1 aromatic carbocycles. The molecule has 3 N–H and O–H groups in total. The molecule has 0 radical (unpaired) electrons. The fraction of sp³-hybridized carbons (Fsp3) is 0.440. The van der Waals surface area contributed by atoms with Gasteiger partial charge in [-0.2, -0.15) is 0 Å². The number of methoxy groups -OCH3 is 1. The van der Waals surface area contributed by atoms with Gasteiger partial charge in [-0.1, -0.05) is 0 Å². The SMILES string of the molecule is CO[C@H]1CCc2c([nH]c3nccc(C4CCN(C(=O)c5ccc(OC(F)(F)F)cc5N)CC4)c23)C1. The third-order valence-electron chi connectivity index (χ3n) is 7.11. The van der Waals surface area contributed by atoms with Crippen LogP contribution >= 0.6 is 0 Å². The van der Waals surface area contributed by atoms with Gasteiger partial charge in [-0.3, -0.25) is 4.79 Å². The molecule has 2 aromatic heterocycles. The number of anilines is 1. The number of nitrogens with zero attached hydrogens (tertiary/aromatic N) is 2. The van der Waals surface area contributed by atoms with Gasteiger partial charge >= 0.3 is 6.36 Å². The molecule has 7 nitrogen and oxygen atoms in total. The Morgan fingerprint density at radius 1 is 1.20 bits per heavy atom. The van der Waals surface area contributed by atoms with Crippen LogP contribution < -0.4 is 10.5 Å². The first kappa shape index (κ1) is 23.5. The number of nitrogens with two attached hydrogens (primary N) is 1. The predicted octanol–water partition coefficient (Wildman–Crippen LogP) is 4.57. The van der Waals surface area contributed by atoms with E-state index in [1.165, 1.54) is 28.3 Å². The number of fused-ring (bicyclic) bond motifs is 3. The van der Waals surface area contributed by atoms with E-state index in [0.29, 0.717) is 13.1 Å². The van der Waals surface area contributed by atoms with Crippen LogP contribution in [0.1, 0.15) is 52.4 Å². The highest BCUT2D eigenvalue weighted by Gasteiger charge is 2.32. The van der Waals surface area contributed by atoms with E-state index in [4.69, 9.17) is 10.5 Å². The Morgan fingerprint density at radius 2 is 1.97 bits per heavy atom. The average molecular weight is 489 g/mol. The third-order valence-corrected chi connectivity index (χ3v) is 7.11. The molecule has 0 bridgehead atoms. The molecular formula is C25H27F3N4O3. The van der Waals surface area contributed by atoms with Crippen molar-refractivity contribution >= 4 is 22.6 Å². The Labute approximate surface area is 200 Å². The molecule has 1 atom stereocenters. The zero-order valence-corrected chi connectivity index (χ0v) is 19.3. The monoisotopic (exact) mass is 488 g/mol. The van der Waals surface area contributed by atoms with E-state index in [0.717, 1.165) is 49.9 Å². The number of hydrogen-bond acceptors (Lipinski definition) is 5. The van der Waals surface area contributed by atoms with E-state index in [2.05, 4.69) is 20.8 Å². The van der Waals surface area contributed by atoms with Crippen molar-refractivity contribution in [3.63, 3.8) is 0 Å². The number of aromatic amines is 1. The summed E-state index contributed by atoms with van der Waals surface area (Å²) in [5, 5.41) is 1.20. The number of amides is 1. The number of H-pyrrole nitrogens is 1. The van der Waals surface area contributed by atoms with Gasteiger partial charge in [0.1, 0.15) is 11.4 Å². The normalized spacial score (nSPS) is 19.1. The fourth-order valence-electron chi connectivity index (χ4n) is 5.38. The first-order valence-electron chi connectivity index (χ1n) is 11.7. The summed E-state index contributed by atoms with van der Waals surface area (Å²) in [5.74, 6) is -0.452. The lowest BCUT2D eigenvalue weighted by molar-refractivity contribution is -0.274. The summed E-state index contributed by atoms with van der Waals surface area (Å²) >= 11 is 0. The molecule has 1 aliphatic carbocycles. The maximum atomic E-state index is 13.0. The summed E-state index contributed by atoms with van der Waals surface area (Å²) in [7, 11) is 1.75. The van der Waals surface area contributed by atoms with Crippen molar-refractivity contribution in [3.05, 3.63) is 52.8 Å². The van der Waals surface area contributed by atoms with E-state index in [1.54, 1.807) is 12.0 Å². The molecule has 35 heavy (non-hydrogen) atoms. The van der Waals surface area contributed by atoms with E-state index >= 15 is 0 Å². The van der Waals surface area contributed by atoms with Crippen molar-refractivity contribution in [3.8, 4) is 5.75 Å². The lowest BCUT2D eigenvalue weighted by atomic mass is 9.85. The third kappa shape index (κ3) is 4.67. The van der Waals surface area contributed by atoms with Crippen molar-refractivity contribution in [1.29, 1.82) is 0 Å². The molecule has 10 heteroatoms. The summed E-state index contributed by atoms with van der Waals surface area (Å²) in [6, 6.07) is 5.51. The molecule has 1 saturated heterocycles. The quantitative estimate of drug-likeness (QED) is 0.525. The van der Waals surface area contributed by atoms with Crippen LogP contribution in [0.25, 0.3) is 11.0 Å². The number of likely N-dealkylation sites (tertiary alicyclic amines) is 1. The van der Waals surface area contributed by atoms with Crippen LogP contribution in [0.2, 0.25) is 0 Å². The number of halogens is 3. The number of nitrogen functional groups attached to an aromatic ring is 1. The van der Waals surface area contributed by atoms with Crippen LogP contribution in [0, 0.1) is 0 Å². The van der Waals surface area contributed by atoms with Gasteiger partial charge in [-0.25, -0.2) is 4.98 Å². The summed E-state index contributed by atoms with van der Waals surface area (Å²) in [4.78, 5) is 22.8. The number of pyridine rings is 1. The maximum Gasteiger partial charge on any atom is 0.573 e. The Bertz CT molecular complexity index is 1250. The molecule has 5 rings (SSSR count). The maximum absolute atomic E-state index is 13.0. The van der Waals surface area contributed by atoms with Crippen molar-refractivity contribution < 1.29 is 27.4 Å². The summed E-state index contributed by atoms with van der Waals surface area (Å²) < 4.78 is 46.8. The molecular weight excluding hydrogens is 461 g/mol. The number of carbonyl (C=O) groups excluding carboxylic acids is 1. The highest BCUT2D eigenvalue weighted by molar-refractivity contribution is 5.99. The van der Waals surface area contributed by atoms with E-state index in [1.807, 2.05) is 6.20 Å². The number of piperidine rings is 1. The lowest BCUT2D eigenvalue weighted by Gasteiger charge is -2.33. The number of nitrogens with one attached hydrogen (secondary N) is 1. The first-order chi connectivity index (χ1) is 16.7. The van der Waals surface area contributed by atoms with Gasteiger partial charge in [0.25, 0.3) is 5.91 Å². The van der Waals surface area contributed by atoms with E-state index < -0.39 is 12.1 Å². The van der Waals surface area contributed by atoms with Gasteiger partial charge in [0, 0.05) is 55.7 Å². The number of benzene rings is 1. The molecule has 0 spiro atoms. The van der Waals surface area contributed by atoms with Crippen molar-refractivity contribution in [2.45, 2.75) is 50.5 Å². The number of hydrogen-bond donors (Lipinski definition) is 2. The minimum atomic E-state index is -4.82.